The fourth-order valence-corrected chi connectivity index (χ4v) is 1.59. The van der Waals surface area contributed by atoms with Crippen LogP contribution >= 0.6 is 11.3 Å². The summed E-state index contributed by atoms with van der Waals surface area (Å²) in [6, 6.07) is -0.0946. The Morgan fingerprint density at radius 2 is 2.64 bits per heavy atom. The van der Waals surface area contributed by atoms with Gasteiger partial charge in [-0.1, -0.05) is 12.8 Å². The molecule has 0 aliphatic carbocycles. The fourth-order valence-electron chi connectivity index (χ4n) is 0.849. The predicted octanol–water partition coefficient (Wildman–Crippen LogP) is 1.67. The predicted molar refractivity (Wildman–Crippen MR) is 55.6 cm³/mol. The van der Waals surface area contributed by atoms with Crippen LogP contribution < -0.4 is 5.32 Å². The van der Waals surface area contributed by atoms with Crippen molar-refractivity contribution >= 4 is 22.4 Å². The zero-order valence-corrected chi connectivity index (χ0v) is 8.47. The number of carboxylic acids is 1. The zero-order valence-electron chi connectivity index (χ0n) is 7.65. The van der Waals surface area contributed by atoms with Crippen LogP contribution in [-0.2, 0) is 0 Å². The second kappa shape index (κ2) is 4.63. The third-order valence-electron chi connectivity index (χ3n) is 1.63. The minimum atomic E-state index is -1.02. The zero-order chi connectivity index (χ0) is 10.6. The second-order valence-corrected chi connectivity index (χ2v) is 3.47. The van der Waals surface area contributed by atoms with E-state index in [-0.39, 0.29) is 11.7 Å². The van der Waals surface area contributed by atoms with Gasteiger partial charge in [-0.3, -0.25) is 0 Å². The molecule has 1 aromatic rings. The van der Waals surface area contributed by atoms with Crippen LogP contribution in [-0.4, -0.2) is 22.1 Å². The molecule has 0 bridgehead atoms. The first-order chi connectivity index (χ1) is 6.67. The fraction of sp³-hybridized carbons (Fsp3) is 0.333. The van der Waals surface area contributed by atoms with Gasteiger partial charge in [0.05, 0.1) is 6.04 Å². The smallest absolute Gasteiger partial charge is 0.355 e. The van der Waals surface area contributed by atoms with Gasteiger partial charge in [-0.25, -0.2) is 9.78 Å². The summed E-state index contributed by atoms with van der Waals surface area (Å²) in [5, 5.41) is 13.6. The molecule has 1 atom stereocenters. The van der Waals surface area contributed by atoms with E-state index in [9.17, 15) is 4.79 Å². The lowest BCUT2D eigenvalue weighted by Crippen LogP contribution is -2.15. The van der Waals surface area contributed by atoms with E-state index in [2.05, 4.69) is 16.2 Å². The van der Waals surface area contributed by atoms with Crippen molar-refractivity contribution < 1.29 is 9.90 Å². The van der Waals surface area contributed by atoms with Gasteiger partial charge in [0.15, 0.2) is 10.8 Å². The normalized spacial score (nSPS) is 11.7. The average Bonchev–Trinajstić information content (AvgIpc) is 2.62. The third-order valence-corrected chi connectivity index (χ3v) is 2.40. The quantitative estimate of drug-likeness (QED) is 0.742. The van der Waals surface area contributed by atoms with E-state index in [1.807, 2.05) is 6.92 Å². The van der Waals surface area contributed by atoms with Crippen molar-refractivity contribution in [2.24, 2.45) is 0 Å². The monoisotopic (exact) mass is 210 g/mol. The van der Waals surface area contributed by atoms with Gasteiger partial charge in [-0.05, 0) is 6.42 Å². The Morgan fingerprint density at radius 3 is 3.07 bits per heavy atom. The van der Waals surface area contributed by atoms with Gasteiger partial charge in [0.1, 0.15) is 0 Å². The molecule has 0 spiro atoms. The highest BCUT2D eigenvalue weighted by Gasteiger charge is 2.10. The Labute approximate surface area is 86.0 Å². The molecule has 1 unspecified atom stereocenters. The number of rotatable bonds is 4. The van der Waals surface area contributed by atoms with Crippen LogP contribution in [0.25, 0.3) is 0 Å². The van der Waals surface area contributed by atoms with Crippen LogP contribution in [0, 0.1) is 12.3 Å². The third kappa shape index (κ3) is 2.47. The summed E-state index contributed by atoms with van der Waals surface area (Å²) < 4.78 is 0. The molecule has 0 fully saturated rings. The summed E-state index contributed by atoms with van der Waals surface area (Å²) >= 11 is 1.24. The first kappa shape index (κ1) is 10.5. The molecular weight excluding hydrogens is 200 g/mol. The summed E-state index contributed by atoms with van der Waals surface area (Å²) in [5.41, 5.74) is 0.0457. The number of aromatic carboxylic acids is 1. The molecule has 0 saturated carbocycles. The molecule has 0 aromatic carbocycles. The number of hydrogen-bond acceptors (Lipinski definition) is 4. The van der Waals surface area contributed by atoms with Gasteiger partial charge in [-0.2, -0.15) is 0 Å². The van der Waals surface area contributed by atoms with Crippen LogP contribution in [0.15, 0.2) is 5.38 Å². The Kier molecular flexibility index (Phi) is 3.48. The molecule has 1 rings (SSSR count). The minimum Gasteiger partial charge on any atom is -0.476 e. The van der Waals surface area contributed by atoms with E-state index < -0.39 is 5.97 Å². The van der Waals surface area contributed by atoms with E-state index in [1.54, 1.807) is 0 Å². The maximum Gasteiger partial charge on any atom is 0.355 e. The van der Waals surface area contributed by atoms with E-state index in [1.165, 1.54) is 16.7 Å². The first-order valence-corrected chi connectivity index (χ1v) is 4.96. The first-order valence-electron chi connectivity index (χ1n) is 4.08. The number of nitrogens with one attached hydrogen (secondary N) is 1. The number of carboxylic acid groups (broad SMARTS) is 1. The Bertz CT molecular complexity index is 367. The minimum absolute atomic E-state index is 0.0457. The standard InChI is InChI=1S/C9H10N2O2S/c1-3-6(4-2)10-9-11-7(5-14-9)8(12)13/h1,5-6H,4H2,2H3,(H,10,11)(H,12,13). The molecule has 0 saturated heterocycles. The maximum atomic E-state index is 10.5. The summed E-state index contributed by atoms with van der Waals surface area (Å²) in [6.45, 7) is 1.95. The molecule has 0 aliphatic rings. The number of terminal acetylenes is 1. The number of thiazole rings is 1. The van der Waals surface area contributed by atoms with Crippen molar-refractivity contribution in [3.63, 3.8) is 0 Å². The Morgan fingerprint density at radius 1 is 1.93 bits per heavy atom. The lowest BCUT2D eigenvalue weighted by Gasteiger charge is -2.07. The van der Waals surface area contributed by atoms with Gasteiger partial charge in [0, 0.05) is 5.38 Å². The Hall–Kier alpha value is -1.54. The van der Waals surface area contributed by atoms with Crippen molar-refractivity contribution in [3.05, 3.63) is 11.1 Å². The van der Waals surface area contributed by atoms with Gasteiger partial charge in [0.25, 0.3) is 0 Å². The molecule has 5 heteroatoms. The van der Waals surface area contributed by atoms with E-state index in [0.29, 0.717) is 5.13 Å². The van der Waals surface area contributed by atoms with Crippen LogP contribution in [0.5, 0.6) is 0 Å². The van der Waals surface area contributed by atoms with Crippen LogP contribution in [0.3, 0.4) is 0 Å². The van der Waals surface area contributed by atoms with Crippen LogP contribution in [0.1, 0.15) is 23.8 Å². The van der Waals surface area contributed by atoms with E-state index in [0.717, 1.165) is 6.42 Å². The van der Waals surface area contributed by atoms with Crippen molar-refractivity contribution in [1.29, 1.82) is 0 Å². The molecule has 1 aromatic heterocycles. The maximum absolute atomic E-state index is 10.5. The van der Waals surface area contributed by atoms with E-state index >= 15 is 0 Å². The van der Waals surface area contributed by atoms with Crippen LogP contribution in [0.2, 0.25) is 0 Å². The summed E-state index contributed by atoms with van der Waals surface area (Å²) in [5.74, 6) is 1.52. The van der Waals surface area contributed by atoms with Gasteiger partial charge in [0.2, 0.25) is 0 Å². The number of hydrogen-bond donors (Lipinski definition) is 2. The van der Waals surface area contributed by atoms with Crippen molar-refractivity contribution in [2.75, 3.05) is 5.32 Å². The molecular formula is C9H10N2O2S. The molecule has 1 heterocycles. The number of carbonyl (C=O) groups is 1. The molecule has 0 amide bonds. The van der Waals surface area contributed by atoms with Crippen molar-refractivity contribution in [1.82, 2.24) is 4.98 Å². The van der Waals surface area contributed by atoms with Crippen LogP contribution in [0.4, 0.5) is 5.13 Å². The number of aromatic nitrogens is 1. The van der Waals surface area contributed by atoms with Gasteiger partial charge in [-0.15, -0.1) is 17.8 Å². The highest BCUT2D eigenvalue weighted by molar-refractivity contribution is 7.13. The van der Waals surface area contributed by atoms with Gasteiger partial charge < -0.3 is 10.4 Å². The van der Waals surface area contributed by atoms with Crippen molar-refractivity contribution in [3.8, 4) is 12.3 Å². The molecule has 2 N–H and O–H groups in total. The summed E-state index contributed by atoms with van der Waals surface area (Å²) in [7, 11) is 0. The summed E-state index contributed by atoms with van der Waals surface area (Å²) in [4.78, 5) is 14.4. The molecule has 14 heavy (non-hydrogen) atoms. The highest BCUT2D eigenvalue weighted by atomic mass is 32.1. The molecule has 74 valence electrons. The van der Waals surface area contributed by atoms with E-state index in [4.69, 9.17) is 11.5 Å². The topological polar surface area (TPSA) is 62.2 Å². The molecule has 4 nitrogen and oxygen atoms in total. The largest absolute Gasteiger partial charge is 0.476 e. The average molecular weight is 210 g/mol. The number of nitrogens with zero attached hydrogens (tertiary/aromatic N) is 1. The number of anilines is 1. The lowest BCUT2D eigenvalue weighted by atomic mass is 10.2. The Balaban J connectivity index is 2.69. The van der Waals surface area contributed by atoms with Gasteiger partial charge >= 0.3 is 5.97 Å². The lowest BCUT2D eigenvalue weighted by molar-refractivity contribution is 0.0691. The SMILES string of the molecule is C#CC(CC)Nc1nc(C(=O)O)cs1. The molecule has 0 radical (unpaired) electrons. The molecule has 0 aliphatic heterocycles. The highest BCUT2D eigenvalue weighted by Crippen LogP contribution is 2.16. The summed E-state index contributed by atoms with van der Waals surface area (Å²) in [6.07, 6.45) is 6.02. The van der Waals surface area contributed by atoms with Crippen molar-refractivity contribution in [2.45, 2.75) is 19.4 Å². The second-order valence-electron chi connectivity index (χ2n) is 2.61.